The zero-order chi connectivity index (χ0) is 34.6. The fraction of sp³-hybridized carbons (Fsp3) is 0.444. The molecule has 0 spiro atoms. The van der Waals surface area contributed by atoms with E-state index in [2.05, 4.69) is 37.2 Å². The summed E-state index contributed by atoms with van der Waals surface area (Å²) in [6.45, 7) is 25.9. The second kappa shape index (κ2) is 19.2. The molecule has 0 fully saturated rings. The normalized spacial score (nSPS) is 11.6. The van der Waals surface area contributed by atoms with Gasteiger partial charge >= 0.3 is 11.9 Å². The second-order valence-corrected chi connectivity index (χ2v) is 11.7. The maximum absolute atomic E-state index is 12.4. The van der Waals surface area contributed by atoms with Crippen molar-refractivity contribution in [3.05, 3.63) is 91.3 Å². The Kier molecular flexibility index (Phi) is 18.2. The summed E-state index contributed by atoms with van der Waals surface area (Å²) in [5, 5.41) is 0. The maximum atomic E-state index is 12.4. The molecule has 1 unspecified atom stereocenters. The van der Waals surface area contributed by atoms with E-state index in [1.807, 2.05) is 107 Å². The Morgan fingerprint density at radius 2 is 0.977 bits per heavy atom. The first-order valence-electron chi connectivity index (χ1n) is 14.4. The van der Waals surface area contributed by atoms with Crippen LogP contribution in [-0.2, 0) is 19.1 Å². The third kappa shape index (κ3) is 12.2. The SMILES string of the molecule is CC(=O)/C(OC(=O)c1cc(C)c(C)cc1C)=C(/C)C(C)C.CC(=O)C(OC(=O)c1cc(C)c(C)cc1C)C(C)=C(C)C.II. The summed E-state index contributed by atoms with van der Waals surface area (Å²) in [5.41, 5.74) is 9.63. The fourth-order valence-electron chi connectivity index (χ4n) is 4.11. The predicted molar refractivity (Wildman–Crippen MR) is 197 cm³/mol. The molecule has 0 aliphatic rings. The monoisotopic (exact) mass is 830 g/mol. The second-order valence-electron chi connectivity index (χ2n) is 11.7. The van der Waals surface area contributed by atoms with Gasteiger partial charge in [0.1, 0.15) is 0 Å². The summed E-state index contributed by atoms with van der Waals surface area (Å²) in [6, 6.07) is 7.55. The van der Waals surface area contributed by atoms with E-state index in [9.17, 15) is 19.2 Å². The number of esters is 2. The average Bonchev–Trinajstić information content (AvgIpc) is 2.94. The summed E-state index contributed by atoms with van der Waals surface area (Å²) in [4.78, 5) is 48.2. The molecule has 44 heavy (non-hydrogen) atoms. The lowest BCUT2D eigenvalue weighted by Crippen LogP contribution is -2.27. The molecular weight excluding hydrogens is 782 g/mol. The van der Waals surface area contributed by atoms with Gasteiger partial charge in [0.15, 0.2) is 23.4 Å². The first-order chi connectivity index (χ1) is 20.3. The first-order valence-corrected chi connectivity index (χ1v) is 20.7. The largest absolute Gasteiger partial charge is 0.446 e. The summed E-state index contributed by atoms with van der Waals surface area (Å²) < 4.78 is 10.8. The van der Waals surface area contributed by atoms with Gasteiger partial charge in [0, 0.05) is 44.2 Å². The van der Waals surface area contributed by atoms with Gasteiger partial charge in [-0.2, -0.15) is 0 Å². The minimum atomic E-state index is -0.802. The van der Waals surface area contributed by atoms with Crippen molar-refractivity contribution in [2.45, 2.75) is 103 Å². The molecular formula is C36H48I2O6. The Labute approximate surface area is 287 Å². The Morgan fingerprint density at radius 1 is 0.591 bits per heavy atom. The lowest BCUT2D eigenvalue weighted by Gasteiger charge is -2.18. The molecule has 242 valence electrons. The molecule has 0 radical (unpaired) electrons. The third-order valence-electron chi connectivity index (χ3n) is 7.64. The lowest BCUT2D eigenvalue weighted by atomic mass is 10.0. The molecule has 2 aromatic rings. The van der Waals surface area contributed by atoms with Crippen LogP contribution in [-0.4, -0.2) is 29.6 Å². The molecule has 2 rings (SSSR count). The Hall–Kier alpha value is -2.34. The average molecular weight is 831 g/mol. The van der Waals surface area contributed by atoms with Crippen molar-refractivity contribution < 1.29 is 28.7 Å². The van der Waals surface area contributed by atoms with E-state index < -0.39 is 18.0 Å². The molecule has 0 amide bonds. The molecule has 0 aliphatic carbocycles. The topological polar surface area (TPSA) is 86.7 Å². The Balaban J connectivity index is 0.000000795. The van der Waals surface area contributed by atoms with Crippen molar-refractivity contribution in [3.8, 4) is 0 Å². The van der Waals surface area contributed by atoms with Crippen LogP contribution >= 0.6 is 37.2 Å². The molecule has 0 aromatic heterocycles. The standard InChI is InChI=1S/2C18H24O3.I2/c2*1-10(2)14(6)17(15(7)19)21-18(20)16-9-12(4)11(3)8-13(16)5;1-2/h8-9,17H,1-7H3;8-10H,1-7H3;/b;17-14+;. The number of carbonyl (C=O) groups is 4. The van der Waals surface area contributed by atoms with Gasteiger partial charge in [0.25, 0.3) is 0 Å². The summed E-state index contributed by atoms with van der Waals surface area (Å²) in [5.74, 6) is -0.998. The smallest absolute Gasteiger partial charge is 0.343 e. The van der Waals surface area contributed by atoms with Crippen LogP contribution in [0.15, 0.2) is 46.7 Å². The maximum Gasteiger partial charge on any atom is 0.343 e. The highest BCUT2D eigenvalue weighted by Gasteiger charge is 2.24. The van der Waals surface area contributed by atoms with Gasteiger partial charge in [-0.1, -0.05) is 31.6 Å². The van der Waals surface area contributed by atoms with Gasteiger partial charge in [0.05, 0.1) is 11.1 Å². The molecule has 8 heteroatoms. The number of ketones is 2. The number of allylic oxidation sites excluding steroid dienone is 3. The summed E-state index contributed by atoms with van der Waals surface area (Å²) in [6.07, 6.45) is -0.802. The van der Waals surface area contributed by atoms with Gasteiger partial charge in [0.2, 0.25) is 0 Å². The zero-order valence-electron chi connectivity index (χ0n) is 28.7. The van der Waals surface area contributed by atoms with Crippen LogP contribution in [0.3, 0.4) is 0 Å². The van der Waals surface area contributed by atoms with Gasteiger partial charge in [-0.3, -0.25) is 9.59 Å². The molecule has 0 aliphatic heterocycles. The third-order valence-corrected chi connectivity index (χ3v) is 7.64. The predicted octanol–water partition coefficient (Wildman–Crippen LogP) is 10.1. The van der Waals surface area contributed by atoms with E-state index in [4.69, 9.17) is 9.47 Å². The molecule has 0 saturated carbocycles. The van der Waals surface area contributed by atoms with E-state index in [0.717, 1.165) is 50.1 Å². The molecule has 0 N–H and O–H groups in total. The van der Waals surface area contributed by atoms with Crippen LogP contribution in [0.1, 0.15) is 109 Å². The van der Waals surface area contributed by atoms with Gasteiger partial charge in [-0.05, 0) is 139 Å². The van der Waals surface area contributed by atoms with Crippen LogP contribution < -0.4 is 0 Å². The number of hydrogen-bond donors (Lipinski definition) is 0. The summed E-state index contributed by atoms with van der Waals surface area (Å²) >= 11 is 4.24. The minimum absolute atomic E-state index is 0.151. The van der Waals surface area contributed by atoms with Crippen molar-refractivity contribution in [2.75, 3.05) is 0 Å². The van der Waals surface area contributed by atoms with Crippen LogP contribution in [0, 0.1) is 47.5 Å². The first kappa shape index (κ1) is 41.7. The van der Waals surface area contributed by atoms with Crippen molar-refractivity contribution in [2.24, 2.45) is 5.92 Å². The Morgan fingerprint density at radius 3 is 1.32 bits per heavy atom. The molecule has 0 heterocycles. The van der Waals surface area contributed by atoms with Crippen LogP contribution in [0.2, 0.25) is 0 Å². The van der Waals surface area contributed by atoms with Crippen molar-refractivity contribution in [3.63, 3.8) is 0 Å². The van der Waals surface area contributed by atoms with E-state index in [0.29, 0.717) is 11.1 Å². The van der Waals surface area contributed by atoms with E-state index in [1.165, 1.54) is 13.8 Å². The van der Waals surface area contributed by atoms with Crippen LogP contribution in [0.4, 0.5) is 0 Å². The van der Waals surface area contributed by atoms with Crippen molar-refractivity contribution in [1.29, 1.82) is 0 Å². The number of ether oxygens (including phenoxy) is 2. The lowest BCUT2D eigenvalue weighted by molar-refractivity contribution is -0.123. The number of halogens is 2. The number of benzene rings is 2. The molecule has 1 atom stereocenters. The summed E-state index contributed by atoms with van der Waals surface area (Å²) in [7, 11) is 0. The van der Waals surface area contributed by atoms with E-state index >= 15 is 0 Å². The van der Waals surface area contributed by atoms with Crippen LogP contribution in [0.25, 0.3) is 0 Å². The van der Waals surface area contributed by atoms with Crippen molar-refractivity contribution in [1.82, 2.24) is 0 Å². The number of aryl methyl sites for hydroxylation is 6. The number of rotatable bonds is 8. The minimum Gasteiger partial charge on any atom is -0.446 e. The van der Waals surface area contributed by atoms with Crippen molar-refractivity contribution >= 4 is 60.7 Å². The van der Waals surface area contributed by atoms with Gasteiger partial charge < -0.3 is 9.47 Å². The number of carbonyl (C=O) groups excluding carboxylic acids is 4. The Bertz CT molecular complexity index is 1440. The fourth-order valence-corrected chi connectivity index (χ4v) is 4.11. The van der Waals surface area contributed by atoms with E-state index in [-0.39, 0.29) is 23.2 Å². The molecule has 0 saturated heterocycles. The highest BCUT2D eigenvalue weighted by molar-refractivity contribution is 15.0. The number of Topliss-reactive ketones (excluding diaryl/α,β-unsaturated/α-hetero) is 2. The highest BCUT2D eigenvalue weighted by Crippen LogP contribution is 2.22. The molecule has 0 bridgehead atoms. The highest BCUT2D eigenvalue weighted by atomic mass is 128. The number of hydrogen-bond acceptors (Lipinski definition) is 6. The molecule has 6 nitrogen and oxygen atoms in total. The van der Waals surface area contributed by atoms with Crippen LogP contribution in [0.5, 0.6) is 0 Å². The quantitative estimate of drug-likeness (QED) is 0.0866. The van der Waals surface area contributed by atoms with Gasteiger partial charge in [-0.15, -0.1) is 0 Å². The molecule has 2 aromatic carbocycles. The zero-order valence-corrected chi connectivity index (χ0v) is 33.0. The van der Waals surface area contributed by atoms with Gasteiger partial charge in [-0.25, -0.2) is 9.59 Å². The van der Waals surface area contributed by atoms with E-state index in [1.54, 1.807) is 0 Å².